The van der Waals surface area contributed by atoms with E-state index in [2.05, 4.69) is 10.3 Å². The number of hydrogen-bond acceptors (Lipinski definition) is 4. The molecule has 0 spiro atoms. The van der Waals surface area contributed by atoms with Crippen molar-refractivity contribution in [1.82, 2.24) is 5.32 Å². The molecule has 0 fully saturated rings. The van der Waals surface area contributed by atoms with Crippen LogP contribution in [0.1, 0.15) is 36.8 Å². The second kappa shape index (κ2) is 12.3. The topological polar surface area (TPSA) is 105 Å². The first-order valence-electron chi connectivity index (χ1n) is 12.0. The van der Waals surface area contributed by atoms with Gasteiger partial charge < -0.3 is 16.0 Å². The number of carbonyl (C=O) groups is 3. The van der Waals surface area contributed by atoms with E-state index in [4.69, 9.17) is 17.3 Å². The zero-order valence-electron chi connectivity index (χ0n) is 21.0. The molecule has 0 bridgehead atoms. The summed E-state index contributed by atoms with van der Waals surface area (Å²) in [7, 11) is 1.38. The standard InChI is InChI=1S/C26H25ClF6N4O3/c1-37-19-8-7-15(27)13-18(19)20(14-5-3-2-4-6-14)35-22(24(37)40)36-23(39)17(10-12-26(31,32)33)16(21(34)38)9-11-25(28,29)30/h2-8,13,16-17,22H,9-12H2,1H3,(H2,34,38)(H,36,39)/t16-,17+,22+/m0/s1. The van der Waals surface area contributed by atoms with E-state index in [1.54, 1.807) is 42.5 Å². The summed E-state index contributed by atoms with van der Waals surface area (Å²) in [4.78, 5) is 44.3. The maximum Gasteiger partial charge on any atom is 0.389 e. The zero-order chi connectivity index (χ0) is 29.8. The fourth-order valence-electron chi connectivity index (χ4n) is 4.40. The predicted octanol–water partition coefficient (Wildman–Crippen LogP) is 5.00. The first-order chi connectivity index (χ1) is 18.6. The van der Waals surface area contributed by atoms with Gasteiger partial charge in [0, 0.05) is 47.9 Å². The normalized spacial score (nSPS) is 17.4. The highest BCUT2D eigenvalue weighted by Gasteiger charge is 2.41. The van der Waals surface area contributed by atoms with Crippen molar-refractivity contribution in [3.63, 3.8) is 0 Å². The SMILES string of the molecule is CN1C(=O)[C@@H](NC(=O)[C@H](CCC(F)(F)F)[C@H](CCC(F)(F)F)C(N)=O)N=C(c2ccccc2)c2cc(Cl)ccc21. The van der Waals surface area contributed by atoms with Crippen LogP contribution in [-0.2, 0) is 14.4 Å². The third-order valence-corrected chi connectivity index (χ3v) is 6.62. The van der Waals surface area contributed by atoms with Crippen molar-refractivity contribution in [2.24, 2.45) is 22.6 Å². The van der Waals surface area contributed by atoms with Gasteiger partial charge >= 0.3 is 12.4 Å². The fourth-order valence-corrected chi connectivity index (χ4v) is 4.58. The van der Waals surface area contributed by atoms with Gasteiger partial charge in [0.2, 0.25) is 18.0 Å². The summed E-state index contributed by atoms with van der Waals surface area (Å²) in [5, 5.41) is 2.56. The van der Waals surface area contributed by atoms with Crippen molar-refractivity contribution in [2.75, 3.05) is 11.9 Å². The summed E-state index contributed by atoms with van der Waals surface area (Å²) in [6, 6.07) is 13.1. The average molecular weight is 591 g/mol. The van der Waals surface area contributed by atoms with Crippen LogP contribution in [0.25, 0.3) is 0 Å². The number of benzene rings is 2. The van der Waals surface area contributed by atoms with Crippen molar-refractivity contribution in [1.29, 1.82) is 0 Å². The van der Waals surface area contributed by atoms with E-state index in [1.165, 1.54) is 13.1 Å². The van der Waals surface area contributed by atoms with Crippen molar-refractivity contribution in [2.45, 2.75) is 44.2 Å². The third kappa shape index (κ3) is 7.96. The lowest BCUT2D eigenvalue weighted by molar-refractivity contribution is -0.152. The summed E-state index contributed by atoms with van der Waals surface area (Å²) < 4.78 is 77.8. The van der Waals surface area contributed by atoms with E-state index in [0.29, 0.717) is 21.8 Å². The largest absolute Gasteiger partial charge is 0.389 e. The number of aliphatic imine (C=N–C) groups is 1. The highest BCUT2D eigenvalue weighted by Crippen LogP contribution is 2.34. The molecule has 1 aliphatic heterocycles. The molecule has 0 saturated heterocycles. The molecule has 40 heavy (non-hydrogen) atoms. The smallest absolute Gasteiger partial charge is 0.369 e. The minimum atomic E-state index is -4.78. The Morgan fingerprint density at radius 3 is 2.12 bits per heavy atom. The highest BCUT2D eigenvalue weighted by atomic mass is 35.5. The molecule has 14 heteroatoms. The van der Waals surface area contributed by atoms with Crippen molar-refractivity contribution >= 4 is 40.7 Å². The molecule has 1 aliphatic rings. The number of nitrogens with one attached hydrogen (secondary N) is 1. The number of likely N-dealkylation sites (N-methyl/N-ethyl adjacent to an activating group) is 1. The maximum absolute atomic E-state index is 13.4. The lowest BCUT2D eigenvalue weighted by Gasteiger charge is -2.27. The molecular weight excluding hydrogens is 566 g/mol. The van der Waals surface area contributed by atoms with Crippen LogP contribution in [0, 0.1) is 11.8 Å². The molecule has 0 aromatic heterocycles. The number of benzodiazepines with no additional fused rings is 1. The van der Waals surface area contributed by atoms with Crippen LogP contribution in [0.4, 0.5) is 32.0 Å². The van der Waals surface area contributed by atoms with Gasteiger partial charge in [0.25, 0.3) is 5.91 Å². The third-order valence-electron chi connectivity index (χ3n) is 6.39. The fraction of sp³-hybridized carbons (Fsp3) is 0.385. The average Bonchev–Trinajstić information content (AvgIpc) is 2.95. The molecule has 0 aliphatic carbocycles. The number of fused-ring (bicyclic) bond motifs is 1. The van der Waals surface area contributed by atoms with Gasteiger partial charge in [-0.15, -0.1) is 0 Å². The molecule has 3 atom stereocenters. The molecular formula is C26H25ClF6N4O3. The van der Waals surface area contributed by atoms with Gasteiger partial charge in [-0.3, -0.25) is 14.4 Å². The lowest BCUT2D eigenvalue weighted by atomic mass is 9.83. The van der Waals surface area contributed by atoms with Gasteiger partial charge in [-0.2, -0.15) is 26.3 Å². The molecule has 2 aromatic rings. The number of primary amides is 1. The molecule has 3 amide bonds. The van der Waals surface area contributed by atoms with Gasteiger partial charge in [0.1, 0.15) is 0 Å². The van der Waals surface area contributed by atoms with E-state index in [1.807, 2.05) is 0 Å². The number of nitrogens with two attached hydrogens (primary N) is 1. The minimum Gasteiger partial charge on any atom is -0.369 e. The van der Waals surface area contributed by atoms with E-state index in [-0.39, 0.29) is 5.71 Å². The van der Waals surface area contributed by atoms with Gasteiger partial charge in [0.15, 0.2) is 0 Å². The number of amides is 3. The molecule has 0 radical (unpaired) electrons. The molecule has 2 aromatic carbocycles. The van der Waals surface area contributed by atoms with Crippen LogP contribution in [0.15, 0.2) is 53.5 Å². The van der Waals surface area contributed by atoms with E-state index in [9.17, 15) is 40.7 Å². The second-order valence-electron chi connectivity index (χ2n) is 9.24. The number of nitrogens with zero attached hydrogens (tertiary/aromatic N) is 2. The Labute approximate surface area is 230 Å². The Balaban J connectivity index is 2.03. The summed E-state index contributed by atoms with van der Waals surface area (Å²) >= 11 is 6.18. The Morgan fingerprint density at radius 1 is 1.00 bits per heavy atom. The van der Waals surface area contributed by atoms with Crippen LogP contribution < -0.4 is 16.0 Å². The Hall–Kier alpha value is -3.61. The van der Waals surface area contributed by atoms with Crippen LogP contribution in [0.2, 0.25) is 5.02 Å². The van der Waals surface area contributed by atoms with Gasteiger partial charge in [-0.25, -0.2) is 4.99 Å². The highest BCUT2D eigenvalue weighted by molar-refractivity contribution is 6.32. The number of carbonyl (C=O) groups excluding carboxylic acids is 3. The first-order valence-corrected chi connectivity index (χ1v) is 12.4. The van der Waals surface area contributed by atoms with Crippen LogP contribution in [-0.4, -0.2) is 49.0 Å². The first kappa shape index (κ1) is 30.9. The zero-order valence-corrected chi connectivity index (χ0v) is 21.8. The number of anilines is 1. The summed E-state index contributed by atoms with van der Waals surface area (Å²) in [6.07, 6.45) is -16.4. The van der Waals surface area contributed by atoms with Crippen molar-refractivity contribution in [3.05, 3.63) is 64.7 Å². The lowest BCUT2D eigenvalue weighted by Crippen LogP contribution is -2.50. The van der Waals surface area contributed by atoms with Gasteiger partial charge in [-0.05, 0) is 31.0 Å². The molecule has 0 saturated carbocycles. The number of rotatable bonds is 9. The van der Waals surface area contributed by atoms with Crippen LogP contribution in [0.3, 0.4) is 0 Å². The molecule has 7 nitrogen and oxygen atoms in total. The molecule has 3 rings (SSSR count). The minimum absolute atomic E-state index is 0.219. The Morgan fingerprint density at radius 2 is 1.57 bits per heavy atom. The number of halogens is 7. The van der Waals surface area contributed by atoms with E-state index in [0.717, 1.165) is 4.90 Å². The molecule has 216 valence electrons. The maximum atomic E-state index is 13.4. The van der Waals surface area contributed by atoms with Gasteiger partial charge in [-0.1, -0.05) is 41.9 Å². The van der Waals surface area contributed by atoms with Crippen LogP contribution >= 0.6 is 11.6 Å². The van der Waals surface area contributed by atoms with Crippen LogP contribution in [0.5, 0.6) is 0 Å². The Kier molecular flexibility index (Phi) is 9.49. The summed E-state index contributed by atoms with van der Waals surface area (Å²) in [6.45, 7) is 0. The quantitative estimate of drug-likeness (QED) is 0.402. The second-order valence-corrected chi connectivity index (χ2v) is 9.67. The molecule has 0 unspecified atom stereocenters. The number of alkyl halides is 6. The van der Waals surface area contributed by atoms with Crippen molar-refractivity contribution in [3.8, 4) is 0 Å². The molecule has 3 N–H and O–H groups in total. The summed E-state index contributed by atoms with van der Waals surface area (Å²) in [5.41, 5.74) is 6.75. The Bertz CT molecular complexity index is 1280. The predicted molar refractivity (Wildman–Crippen MR) is 136 cm³/mol. The van der Waals surface area contributed by atoms with E-state index >= 15 is 0 Å². The van der Waals surface area contributed by atoms with Crippen molar-refractivity contribution < 1.29 is 40.7 Å². The monoisotopic (exact) mass is 590 g/mol. The number of hydrogen-bond donors (Lipinski definition) is 2. The molecule has 1 heterocycles. The van der Waals surface area contributed by atoms with Gasteiger partial charge in [0.05, 0.1) is 11.4 Å². The van der Waals surface area contributed by atoms with E-state index < -0.39 is 73.8 Å². The summed E-state index contributed by atoms with van der Waals surface area (Å²) in [5.74, 6) is -7.21.